The van der Waals surface area contributed by atoms with E-state index in [1.54, 1.807) is 44.6 Å². The first-order valence-electron chi connectivity index (χ1n) is 8.11. The Morgan fingerprint density at radius 2 is 1.89 bits per heavy atom. The molecule has 1 heterocycles. The largest absolute Gasteiger partial charge is 0.496 e. The van der Waals surface area contributed by atoms with Gasteiger partial charge in [-0.3, -0.25) is 4.79 Å². The second-order valence-corrected chi connectivity index (χ2v) is 6.15. The summed E-state index contributed by atoms with van der Waals surface area (Å²) < 4.78 is 15.8. The van der Waals surface area contributed by atoms with E-state index in [1.165, 1.54) is 0 Å². The topological polar surface area (TPSA) is 86.5 Å². The lowest BCUT2D eigenvalue weighted by Crippen LogP contribution is -2.23. The molecule has 3 aromatic rings. The van der Waals surface area contributed by atoms with E-state index in [0.717, 1.165) is 11.1 Å². The highest BCUT2D eigenvalue weighted by Crippen LogP contribution is 2.29. The number of nitrogens with one attached hydrogen (secondary N) is 1. The molecular formula is C19H18ClN3O4. The molecule has 1 N–H and O–H groups in total. The quantitative estimate of drug-likeness (QED) is 0.694. The zero-order valence-corrected chi connectivity index (χ0v) is 15.8. The molecule has 0 saturated heterocycles. The average molecular weight is 388 g/mol. The van der Waals surface area contributed by atoms with Crippen LogP contribution in [0.25, 0.3) is 11.4 Å². The van der Waals surface area contributed by atoms with Crippen molar-refractivity contribution in [2.24, 2.45) is 0 Å². The maximum absolute atomic E-state index is 12.5. The van der Waals surface area contributed by atoms with Crippen LogP contribution >= 0.6 is 11.6 Å². The van der Waals surface area contributed by atoms with Gasteiger partial charge in [0.15, 0.2) is 0 Å². The van der Waals surface area contributed by atoms with E-state index in [-0.39, 0.29) is 18.3 Å². The number of amides is 1. The molecule has 8 heteroatoms. The minimum Gasteiger partial charge on any atom is -0.496 e. The van der Waals surface area contributed by atoms with Gasteiger partial charge in [0.2, 0.25) is 11.7 Å². The summed E-state index contributed by atoms with van der Waals surface area (Å²) in [6, 6.07) is 10.4. The molecule has 0 aliphatic carbocycles. The highest BCUT2D eigenvalue weighted by Gasteiger charge is 2.15. The van der Waals surface area contributed by atoms with E-state index in [9.17, 15) is 4.79 Å². The summed E-state index contributed by atoms with van der Waals surface area (Å²) in [6.45, 7) is 1.94. The fourth-order valence-corrected chi connectivity index (χ4v) is 2.74. The molecule has 0 spiro atoms. The van der Waals surface area contributed by atoms with Gasteiger partial charge in [-0.25, -0.2) is 0 Å². The van der Waals surface area contributed by atoms with Crippen LogP contribution in [0.5, 0.6) is 11.5 Å². The number of nitrogens with zero attached hydrogens (tertiary/aromatic N) is 2. The molecule has 140 valence electrons. The van der Waals surface area contributed by atoms with E-state index in [1.807, 2.05) is 13.0 Å². The summed E-state index contributed by atoms with van der Waals surface area (Å²) in [4.78, 5) is 16.7. The minimum atomic E-state index is -0.311. The number of carbonyl (C=O) groups is 1. The molecule has 7 nitrogen and oxygen atoms in total. The highest BCUT2D eigenvalue weighted by molar-refractivity contribution is 6.30. The van der Waals surface area contributed by atoms with Gasteiger partial charge in [-0.1, -0.05) is 28.9 Å². The summed E-state index contributed by atoms with van der Waals surface area (Å²) in [5.41, 5.74) is 1.96. The SMILES string of the molecule is COc1cc(C(=O)NCc2nc(-c3cccc(Cl)c3)no2)cc(OC)c1C. The van der Waals surface area contributed by atoms with Crippen molar-refractivity contribution < 1.29 is 18.8 Å². The lowest BCUT2D eigenvalue weighted by Gasteiger charge is -2.12. The van der Waals surface area contributed by atoms with Gasteiger partial charge in [-0.15, -0.1) is 0 Å². The first-order valence-corrected chi connectivity index (χ1v) is 8.49. The Labute approximate surface area is 161 Å². The van der Waals surface area contributed by atoms with Crippen LogP contribution in [0.3, 0.4) is 0 Å². The summed E-state index contributed by atoms with van der Waals surface area (Å²) in [6.07, 6.45) is 0. The molecule has 0 fully saturated rings. The van der Waals surface area contributed by atoms with Gasteiger partial charge in [0.05, 0.1) is 20.8 Å². The number of benzene rings is 2. The Morgan fingerprint density at radius 3 is 2.52 bits per heavy atom. The van der Waals surface area contributed by atoms with Gasteiger partial charge in [-0.05, 0) is 31.2 Å². The molecule has 0 atom stereocenters. The number of hydrogen-bond acceptors (Lipinski definition) is 6. The molecule has 27 heavy (non-hydrogen) atoms. The summed E-state index contributed by atoms with van der Waals surface area (Å²) >= 11 is 5.97. The van der Waals surface area contributed by atoms with Crippen molar-refractivity contribution in [2.75, 3.05) is 14.2 Å². The van der Waals surface area contributed by atoms with Gasteiger partial charge in [0.1, 0.15) is 11.5 Å². The highest BCUT2D eigenvalue weighted by atomic mass is 35.5. The van der Waals surface area contributed by atoms with Gasteiger partial charge in [0.25, 0.3) is 5.91 Å². The second kappa shape index (κ2) is 8.09. The smallest absolute Gasteiger partial charge is 0.251 e. The molecule has 0 radical (unpaired) electrons. The zero-order valence-electron chi connectivity index (χ0n) is 15.1. The van der Waals surface area contributed by atoms with Crippen molar-refractivity contribution in [3.05, 3.63) is 58.4 Å². The third kappa shape index (κ3) is 4.20. The number of hydrogen-bond donors (Lipinski definition) is 1. The summed E-state index contributed by atoms with van der Waals surface area (Å²) in [5.74, 6) is 1.51. The third-order valence-electron chi connectivity index (χ3n) is 3.97. The van der Waals surface area contributed by atoms with Crippen LogP contribution in [0.1, 0.15) is 21.8 Å². The predicted octanol–water partition coefficient (Wildman–Crippen LogP) is 3.65. The van der Waals surface area contributed by atoms with E-state index in [4.69, 9.17) is 25.6 Å². The monoisotopic (exact) mass is 387 g/mol. The Kier molecular flexibility index (Phi) is 5.61. The van der Waals surface area contributed by atoms with Crippen molar-refractivity contribution in [1.82, 2.24) is 15.5 Å². The van der Waals surface area contributed by atoms with Crippen molar-refractivity contribution in [2.45, 2.75) is 13.5 Å². The number of halogens is 1. The van der Waals surface area contributed by atoms with E-state index >= 15 is 0 Å². The van der Waals surface area contributed by atoms with Crippen molar-refractivity contribution in [3.63, 3.8) is 0 Å². The third-order valence-corrected chi connectivity index (χ3v) is 4.20. The lowest BCUT2D eigenvalue weighted by molar-refractivity contribution is 0.0945. The number of ether oxygens (including phenoxy) is 2. The minimum absolute atomic E-state index is 0.0882. The molecule has 0 bridgehead atoms. The Bertz CT molecular complexity index is 946. The molecule has 0 aliphatic rings. The molecule has 0 unspecified atom stereocenters. The van der Waals surface area contributed by atoms with Crippen LogP contribution < -0.4 is 14.8 Å². The normalized spacial score (nSPS) is 10.5. The lowest BCUT2D eigenvalue weighted by atomic mass is 10.1. The second-order valence-electron chi connectivity index (χ2n) is 5.71. The molecule has 1 aromatic heterocycles. The maximum Gasteiger partial charge on any atom is 0.251 e. The van der Waals surface area contributed by atoms with E-state index < -0.39 is 0 Å². The number of rotatable bonds is 6. The molecule has 1 amide bonds. The van der Waals surface area contributed by atoms with Gasteiger partial charge in [-0.2, -0.15) is 4.98 Å². The number of methoxy groups -OCH3 is 2. The van der Waals surface area contributed by atoms with Crippen LogP contribution in [0, 0.1) is 6.92 Å². The Balaban J connectivity index is 1.71. The van der Waals surface area contributed by atoms with Crippen LogP contribution in [0.15, 0.2) is 40.9 Å². The fourth-order valence-electron chi connectivity index (χ4n) is 2.55. The van der Waals surface area contributed by atoms with Crippen LogP contribution in [0.2, 0.25) is 5.02 Å². The van der Waals surface area contributed by atoms with E-state index in [0.29, 0.717) is 27.9 Å². The van der Waals surface area contributed by atoms with Crippen molar-refractivity contribution >= 4 is 17.5 Å². The molecule has 0 saturated carbocycles. The van der Waals surface area contributed by atoms with Gasteiger partial charge >= 0.3 is 0 Å². The van der Waals surface area contributed by atoms with Gasteiger partial charge < -0.3 is 19.3 Å². The van der Waals surface area contributed by atoms with Crippen molar-refractivity contribution in [1.29, 1.82) is 0 Å². The fraction of sp³-hybridized carbons (Fsp3) is 0.211. The van der Waals surface area contributed by atoms with Crippen LogP contribution in [-0.4, -0.2) is 30.3 Å². The van der Waals surface area contributed by atoms with Crippen LogP contribution in [-0.2, 0) is 6.54 Å². The average Bonchev–Trinajstić information content (AvgIpc) is 3.15. The van der Waals surface area contributed by atoms with Gasteiger partial charge in [0, 0.05) is 21.7 Å². The standard InChI is InChI=1S/C19H18ClN3O4/c1-11-15(25-2)8-13(9-16(11)26-3)19(24)21-10-17-22-18(23-27-17)12-5-4-6-14(20)7-12/h4-9H,10H2,1-3H3,(H,21,24). The first-order chi connectivity index (χ1) is 13.0. The van der Waals surface area contributed by atoms with Crippen molar-refractivity contribution in [3.8, 4) is 22.9 Å². The molecule has 0 aliphatic heterocycles. The predicted molar refractivity (Wildman–Crippen MR) is 100 cm³/mol. The number of aromatic nitrogens is 2. The molecular weight excluding hydrogens is 370 g/mol. The first kappa shape index (κ1) is 18.7. The number of carbonyl (C=O) groups excluding carboxylic acids is 1. The Hall–Kier alpha value is -3.06. The summed E-state index contributed by atoms with van der Waals surface area (Å²) in [5, 5.41) is 7.23. The Morgan fingerprint density at radius 1 is 1.19 bits per heavy atom. The maximum atomic E-state index is 12.5. The molecule has 3 rings (SSSR count). The molecule has 2 aromatic carbocycles. The van der Waals surface area contributed by atoms with Crippen LogP contribution in [0.4, 0.5) is 0 Å². The zero-order chi connectivity index (χ0) is 19.4. The summed E-state index contributed by atoms with van der Waals surface area (Å²) in [7, 11) is 3.08. The van der Waals surface area contributed by atoms with E-state index in [2.05, 4.69) is 15.5 Å².